The highest BCUT2D eigenvalue weighted by Crippen LogP contribution is 2.27. The van der Waals surface area contributed by atoms with E-state index in [1.807, 2.05) is 24.3 Å². The maximum Gasteiger partial charge on any atom is 0.307 e. The molecule has 0 heterocycles. The van der Waals surface area contributed by atoms with E-state index in [-0.39, 0.29) is 12.2 Å². The van der Waals surface area contributed by atoms with Crippen molar-refractivity contribution in [2.24, 2.45) is 0 Å². The SMILES string of the molecule is COc1cccc(/C(=C/C=C/CC(=O)O)c2cccc(F)c2)c1. The maximum absolute atomic E-state index is 13.5. The van der Waals surface area contributed by atoms with E-state index in [4.69, 9.17) is 9.84 Å². The molecule has 3 nitrogen and oxygen atoms in total. The van der Waals surface area contributed by atoms with Gasteiger partial charge in [-0.05, 0) is 41.0 Å². The number of carbonyl (C=O) groups is 1. The smallest absolute Gasteiger partial charge is 0.307 e. The lowest BCUT2D eigenvalue weighted by Gasteiger charge is -2.09. The summed E-state index contributed by atoms with van der Waals surface area (Å²) in [6.45, 7) is 0. The van der Waals surface area contributed by atoms with Crippen molar-refractivity contribution in [1.29, 1.82) is 0 Å². The fourth-order valence-corrected chi connectivity index (χ4v) is 2.14. The molecule has 2 aromatic carbocycles. The molecule has 0 spiro atoms. The molecule has 0 amide bonds. The third-order valence-electron chi connectivity index (χ3n) is 3.21. The van der Waals surface area contributed by atoms with Gasteiger partial charge in [0.1, 0.15) is 11.6 Å². The molecule has 0 atom stereocenters. The zero-order valence-corrected chi connectivity index (χ0v) is 12.7. The summed E-state index contributed by atoms with van der Waals surface area (Å²) in [6.07, 6.45) is 4.91. The first-order chi connectivity index (χ1) is 11.1. The number of methoxy groups -OCH3 is 1. The largest absolute Gasteiger partial charge is 0.497 e. The first-order valence-electron chi connectivity index (χ1n) is 7.09. The van der Waals surface area contributed by atoms with Gasteiger partial charge in [-0.25, -0.2) is 4.39 Å². The molecule has 0 fully saturated rings. The highest BCUT2D eigenvalue weighted by atomic mass is 19.1. The summed E-state index contributed by atoms with van der Waals surface area (Å²) in [5, 5.41) is 8.68. The minimum absolute atomic E-state index is 0.0644. The van der Waals surface area contributed by atoms with Crippen LogP contribution in [0, 0.1) is 5.82 Å². The topological polar surface area (TPSA) is 46.5 Å². The summed E-state index contributed by atoms with van der Waals surface area (Å²) in [6, 6.07) is 13.7. The lowest BCUT2D eigenvalue weighted by molar-refractivity contribution is -0.136. The molecule has 0 aliphatic heterocycles. The Morgan fingerprint density at radius 2 is 1.87 bits per heavy atom. The van der Waals surface area contributed by atoms with Crippen molar-refractivity contribution in [3.63, 3.8) is 0 Å². The van der Waals surface area contributed by atoms with Gasteiger partial charge in [-0.15, -0.1) is 0 Å². The van der Waals surface area contributed by atoms with Crippen LogP contribution in [-0.4, -0.2) is 18.2 Å². The van der Waals surface area contributed by atoms with Crippen LogP contribution >= 0.6 is 0 Å². The minimum Gasteiger partial charge on any atom is -0.497 e. The molecule has 2 rings (SSSR count). The van der Waals surface area contributed by atoms with Crippen LogP contribution < -0.4 is 4.74 Å². The molecule has 4 heteroatoms. The third-order valence-corrected chi connectivity index (χ3v) is 3.21. The lowest BCUT2D eigenvalue weighted by atomic mass is 9.97. The van der Waals surface area contributed by atoms with Crippen molar-refractivity contribution in [2.45, 2.75) is 6.42 Å². The Kier molecular flexibility index (Phi) is 5.69. The Bertz CT molecular complexity index is 748. The molecule has 0 saturated carbocycles. The Labute approximate surface area is 134 Å². The van der Waals surface area contributed by atoms with Crippen molar-refractivity contribution in [3.05, 3.63) is 83.7 Å². The van der Waals surface area contributed by atoms with Crippen LogP contribution in [0.3, 0.4) is 0 Å². The van der Waals surface area contributed by atoms with E-state index < -0.39 is 5.97 Å². The van der Waals surface area contributed by atoms with E-state index in [0.29, 0.717) is 11.3 Å². The Hall–Kier alpha value is -2.88. The van der Waals surface area contributed by atoms with Gasteiger partial charge in [0, 0.05) is 0 Å². The van der Waals surface area contributed by atoms with E-state index in [1.165, 1.54) is 12.1 Å². The van der Waals surface area contributed by atoms with Gasteiger partial charge in [0.15, 0.2) is 0 Å². The van der Waals surface area contributed by atoms with Gasteiger partial charge in [0.25, 0.3) is 0 Å². The molecule has 0 aliphatic carbocycles. The second kappa shape index (κ2) is 7.94. The van der Waals surface area contributed by atoms with Crippen LogP contribution in [0.25, 0.3) is 5.57 Å². The van der Waals surface area contributed by atoms with E-state index >= 15 is 0 Å². The fraction of sp³-hybridized carbons (Fsp3) is 0.105. The maximum atomic E-state index is 13.5. The molecular formula is C19H17FO3. The summed E-state index contributed by atoms with van der Waals surface area (Å²) in [4.78, 5) is 10.6. The van der Waals surface area contributed by atoms with Crippen LogP contribution in [0.2, 0.25) is 0 Å². The number of benzene rings is 2. The van der Waals surface area contributed by atoms with E-state index in [0.717, 1.165) is 11.1 Å². The second-order valence-electron chi connectivity index (χ2n) is 4.85. The zero-order valence-electron chi connectivity index (χ0n) is 12.7. The highest BCUT2D eigenvalue weighted by molar-refractivity contribution is 5.81. The molecule has 0 aromatic heterocycles. The van der Waals surface area contributed by atoms with E-state index in [2.05, 4.69) is 0 Å². The number of allylic oxidation sites excluding steroid dienone is 2. The number of ether oxygens (including phenoxy) is 1. The number of halogens is 1. The molecule has 23 heavy (non-hydrogen) atoms. The van der Waals surface area contributed by atoms with Gasteiger partial charge in [0.2, 0.25) is 0 Å². The Morgan fingerprint density at radius 3 is 2.52 bits per heavy atom. The molecule has 118 valence electrons. The number of hydrogen-bond donors (Lipinski definition) is 1. The fourth-order valence-electron chi connectivity index (χ4n) is 2.14. The molecule has 0 saturated heterocycles. The zero-order chi connectivity index (χ0) is 16.7. The number of rotatable bonds is 6. The first-order valence-corrected chi connectivity index (χ1v) is 7.09. The molecular weight excluding hydrogens is 295 g/mol. The van der Waals surface area contributed by atoms with Gasteiger partial charge in [-0.1, -0.05) is 42.5 Å². The lowest BCUT2D eigenvalue weighted by Crippen LogP contribution is -1.91. The van der Waals surface area contributed by atoms with E-state index in [9.17, 15) is 9.18 Å². The average molecular weight is 312 g/mol. The van der Waals surface area contributed by atoms with Gasteiger partial charge in [-0.3, -0.25) is 4.79 Å². The highest BCUT2D eigenvalue weighted by Gasteiger charge is 2.06. The van der Waals surface area contributed by atoms with Crippen molar-refractivity contribution >= 4 is 11.5 Å². The van der Waals surface area contributed by atoms with Crippen LogP contribution in [0.15, 0.2) is 66.8 Å². The Balaban J connectivity index is 2.44. The van der Waals surface area contributed by atoms with Crippen LogP contribution in [0.5, 0.6) is 5.75 Å². The molecule has 1 N–H and O–H groups in total. The summed E-state index contributed by atoms with van der Waals surface area (Å²) in [5.41, 5.74) is 2.35. The van der Waals surface area contributed by atoms with Crippen molar-refractivity contribution < 1.29 is 19.0 Å². The second-order valence-corrected chi connectivity index (χ2v) is 4.85. The quantitative estimate of drug-likeness (QED) is 0.809. The Morgan fingerprint density at radius 1 is 1.17 bits per heavy atom. The summed E-state index contributed by atoms with van der Waals surface area (Å²) in [7, 11) is 1.58. The van der Waals surface area contributed by atoms with Gasteiger partial charge in [-0.2, -0.15) is 0 Å². The molecule has 0 unspecified atom stereocenters. The number of carboxylic acid groups (broad SMARTS) is 1. The predicted octanol–water partition coefficient (Wildman–Crippen LogP) is 4.30. The van der Waals surface area contributed by atoms with Crippen molar-refractivity contribution in [2.75, 3.05) is 7.11 Å². The molecule has 2 aromatic rings. The molecule has 0 radical (unpaired) electrons. The number of hydrogen-bond acceptors (Lipinski definition) is 2. The molecule has 0 aliphatic rings. The van der Waals surface area contributed by atoms with Crippen molar-refractivity contribution in [3.8, 4) is 5.75 Å². The predicted molar refractivity (Wildman–Crippen MR) is 87.9 cm³/mol. The van der Waals surface area contributed by atoms with Gasteiger partial charge < -0.3 is 9.84 Å². The number of aliphatic carboxylic acids is 1. The van der Waals surface area contributed by atoms with Crippen LogP contribution in [-0.2, 0) is 4.79 Å². The first kappa shape index (κ1) is 16.5. The van der Waals surface area contributed by atoms with Gasteiger partial charge in [0.05, 0.1) is 13.5 Å². The van der Waals surface area contributed by atoms with Gasteiger partial charge >= 0.3 is 5.97 Å². The summed E-state index contributed by atoms with van der Waals surface area (Å²) in [5.74, 6) is -0.534. The normalized spacial score (nSPS) is 11.7. The summed E-state index contributed by atoms with van der Waals surface area (Å²) < 4.78 is 18.8. The van der Waals surface area contributed by atoms with Crippen LogP contribution in [0.1, 0.15) is 17.5 Å². The monoisotopic (exact) mass is 312 g/mol. The third kappa shape index (κ3) is 4.81. The minimum atomic E-state index is -0.900. The molecule has 0 bridgehead atoms. The standard InChI is InChI=1S/C19H17FO3/c1-23-17-9-5-7-15(13-17)18(10-2-3-11-19(21)22)14-6-4-8-16(20)12-14/h2-10,12-13H,11H2,1H3,(H,21,22)/b3-2+,18-10+. The van der Waals surface area contributed by atoms with Crippen LogP contribution in [0.4, 0.5) is 4.39 Å². The number of carboxylic acids is 1. The van der Waals surface area contributed by atoms with Crippen molar-refractivity contribution in [1.82, 2.24) is 0 Å². The van der Waals surface area contributed by atoms with E-state index in [1.54, 1.807) is 37.5 Å². The summed E-state index contributed by atoms with van der Waals surface area (Å²) >= 11 is 0. The average Bonchev–Trinajstić information content (AvgIpc) is 2.54.